The van der Waals surface area contributed by atoms with E-state index in [9.17, 15) is 23.2 Å². The molecule has 0 aromatic heterocycles. The molecule has 0 N–H and O–H groups in total. The Labute approximate surface area is 233 Å². The summed E-state index contributed by atoms with van der Waals surface area (Å²) >= 11 is 1.40. The van der Waals surface area contributed by atoms with E-state index in [2.05, 4.69) is 0 Å². The van der Waals surface area contributed by atoms with Gasteiger partial charge < -0.3 is 23.7 Å². The molecule has 8 nitrogen and oxygen atoms in total. The molecule has 1 aromatic rings. The Morgan fingerprint density at radius 1 is 0.769 bits per heavy atom. The minimum absolute atomic E-state index is 0.159. The van der Waals surface area contributed by atoms with Crippen LogP contribution < -0.4 is 0 Å². The van der Waals surface area contributed by atoms with E-state index in [0.29, 0.717) is 6.42 Å². The highest BCUT2D eigenvalue weighted by atomic mass is 32.2. The normalized spacial score (nSPS) is 34.2. The summed E-state index contributed by atoms with van der Waals surface area (Å²) in [5.74, 6) is -2.43. The van der Waals surface area contributed by atoms with Gasteiger partial charge in [0.25, 0.3) is 0 Å². The number of benzene rings is 1. The van der Waals surface area contributed by atoms with Gasteiger partial charge in [0.2, 0.25) is 6.29 Å². The van der Waals surface area contributed by atoms with Gasteiger partial charge in [-0.1, -0.05) is 57.7 Å². The van der Waals surface area contributed by atoms with Crippen molar-refractivity contribution < 1.29 is 46.8 Å². The molecule has 39 heavy (non-hydrogen) atoms. The van der Waals surface area contributed by atoms with E-state index in [1.54, 1.807) is 13.8 Å². The molecule has 2 aliphatic heterocycles. The van der Waals surface area contributed by atoms with Crippen LogP contribution in [-0.2, 0) is 38.1 Å². The topological polar surface area (TPSA) is 97.4 Å². The summed E-state index contributed by atoms with van der Waals surface area (Å²) in [7, 11) is 0. The van der Waals surface area contributed by atoms with E-state index < -0.39 is 60.1 Å². The van der Waals surface area contributed by atoms with Gasteiger partial charge in [0, 0.05) is 37.5 Å². The third-order valence-corrected chi connectivity index (χ3v) is 7.80. The summed E-state index contributed by atoms with van der Waals surface area (Å²) in [5, 5.41) is 0. The zero-order valence-corrected chi connectivity index (χ0v) is 24.3. The van der Waals surface area contributed by atoms with Crippen molar-refractivity contribution in [1.82, 2.24) is 0 Å². The second kappa shape index (κ2) is 15.5. The molecule has 0 saturated carbocycles. The SMILES string of the molecule is CC[C@H]1OC(OC(C)=O)[C@H](OC(C)=O)[C@@H](F)[C@@H]1C.CC[C@H]1O[C@@H](Sc2ccccc2)[C@H](OC(C)=O)[C@@H](F)[C@@H]1C. The molecule has 10 atom stereocenters. The number of halogens is 2. The minimum atomic E-state index is -1.42. The number of rotatable bonds is 7. The molecular formula is C28H40F2O8S. The highest BCUT2D eigenvalue weighted by molar-refractivity contribution is 7.99. The third-order valence-electron chi connectivity index (χ3n) is 6.65. The van der Waals surface area contributed by atoms with Gasteiger partial charge in [0.05, 0.1) is 12.2 Å². The molecular weight excluding hydrogens is 534 g/mol. The van der Waals surface area contributed by atoms with Gasteiger partial charge in [-0.2, -0.15) is 0 Å². The van der Waals surface area contributed by atoms with Crippen LogP contribution in [0.25, 0.3) is 0 Å². The van der Waals surface area contributed by atoms with E-state index >= 15 is 0 Å². The number of esters is 3. The van der Waals surface area contributed by atoms with E-state index in [1.807, 2.05) is 44.2 Å². The van der Waals surface area contributed by atoms with Crippen molar-refractivity contribution in [1.29, 1.82) is 0 Å². The summed E-state index contributed by atoms with van der Waals surface area (Å²) in [6.45, 7) is 11.0. The Bertz CT molecular complexity index is 935. The monoisotopic (exact) mass is 574 g/mol. The van der Waals surface area contributed by atoms with Crippen LogP contribution in [0.2, 0.25) is 0 Å². The Morgan fingerprint density at radius 3 is 1.72 bits per heavy atom. The van der Waals surface area contributed by atoms with Gasteiger partial charge in [0.1, 0.15) is 17.8 Å². The molecule has 0 aliphatic carbocycles. The fraction of sp³-hybridized carbons (Fsp3) is 0.679. The second-order valence-electron chi connectivity index (χ2n) is 9.70. The van der Waals surface area contributed by atoms with E-state index in [0.717, 1.165) is 11.3 Å². The predicted octanol–water partition coefficient (Wildman–Crippen LogP) is 5.41. The van der Waals surface area contributed by atoms with Crippen molar-refractivity contribution >= 4 is 29.7 Å². The summed E-state index contributed by atoms with van der Waals surface area (Å²) in [4.78, 5) is 34.2. The van der Waals surface area contributed by atoms with E-state index in [1.165, 1.54) is 32.5 Å². The largest absolute Gasteiger partial charge is 0.456 e. The first kappa shape index (κ1) is 33.0. The molecule has 1 aromatic carbocycles. The number of thioether (sulfide) groups is 1. The van der Waals surface area contributed by atoms with Gasteiger partial charge in [-0.15, -0.1) is 0 Å². The van der Waals surface area contributed by atoms with Crippen molar-refractivity contribution in [2.45, 2.75) is 115 Å². The first-order valence-electron chi connectivity index (χ1n) is 13.2. The lowest BCUT2D eigenvalue weighted by Gasteiger charge is -2.41. The highest BCUT2D eigenvalue weighted by Gasteiger charge is 2.48. The molecule has 220 valence electrons. The first-order valence-corrected chi connectivity index (χ1v) is 14.1. The average Bonchev–Trinajstić information content (AvgIpc) is 2.88. The highest BCUT2D eigenvalue weighted by Crippen LogP contribution is 2.39. The molecule has 2 heterocycles. The lowest BCUT2D eigenvalue weighted by molar-refractivity contribution is -0.269. The van der Waals surface area contributed by atoms with Gasteiger partial charge in [-0.3, -0.25) is 14.4 Å². The van der Waals surface area contributed by atoms with Crippen LogP contribution in [0.5, 0.6) is 0 Å². The number of hydrogen-bond donors (Lipinski definition) is 0. The maximum Gasteiger partial charge on any atom is 0.305 e. The first-order chi connectivity index (χ1) is 18.4. The van der Waals surface area contributed by atoms with Crippen LogP contribution >= 0.6 is 11.8 Å². The van der Waals surface area contributed by atoms with E-state index in [4.69, 9.17) is 23.7 Å². The van der Waals surface area contributed by atoms with Crippen LogP contribution in [0.15, 0.2) is 35.2 Å². The smallest absolute Gasteiger partial charge is 0.305 e. The maximum atomic E-state index is 14.6. The lowest BCUT2D eigenvalue weighted by Crippen LogP contribution is -2.54. The van der Waals surface area contributed by atoms with E-state index in [-0.39, 0.29) is 18.1 Å². The third kappa shape index (κ3) is 9.42. The number of carbonyl (C=O) groups excluding carboxylic acids is 3. The van der Waals surface area contributed by atoms with Gasteiger partial charge in [0.15, 0.2) is 12.2 Å². The van der Waals surface area contributed by atoms with Gasteiger partial charge >= 0.3 is 17.9 Å². The Kier molecular flexibility index (Phi) is 13.1. The molecule has 0 radical (unpaired) electrons. The second-order valence-corrected chi connectivity index (χ2v) is 10.9. The van der Waals surface area contributed by atoms with Crippen molar-refractivity contribution in [2.75, 3.05) is 0 Å². The van der Waals surface area contributed by atoms with Crippen LogP contribution in [-0.4, -0.2) is 66.4 Å². The Morgan fingerprint density at radius 2 is 1.23 bits per heavy atom. The summed E-state index contributed by atoms with van der Waals surface area (Å²) in [6.07, 6.45) is -5.08. The zero-order valence-electron chi connectivity index (χ0n) is 23.5. The van der Waals surface area contributed by atoms with Crippen molar-refractivity contribution in [3.63, 3.8) is 0 Å². The standard InChI is InChI=1S/C16H21FO3S.C12H19FO5/c1-4-13-10(2)14(17)15(19-11(3)18)16(20-13)21-12-8-6-5-7-9-12;1-5-9-6(2)10(13)11(16-7(3)14)12(18-9)17-8(4)15/h5-10,13-16H,4H2,1-3H3;6,9-12H,5H2,1-4H3/t10-,13-,14+,15-,16+;6-,9-,10+,11-,12?/m11/s1. The number of alkyl halides is 2. The summed E-state index contributed by atoms with van der Waals surface area (Å²) in [5.41, 5.74) is -0.521. The van der Waals surface area contributed by atoms with Crippen LogP contribution in [0.3, 0.4) is 0 Å². The number of ether oxygens (including phenoxy) is 5. The molecule has 1 unspecified atom stereocenters. The predicted molar refractivity (Wildman–Crippen MR) is 141 cm³/mol. The number of hydrogen-bond acceptors (Lipinski definition) is 9. The quantitative estimate of drug-likeness (QED) is 0.313. The number of carbonyl (C=O) groups is 3. The molecule has 11 heteroatoms. The molecule has 2 aliphatic rings. The Balaban J connectivity index is 0.000000277. The molecule has 0 amide bonds. The fourth-order valence-electron chi connectivity index (χ4n) is 4.60. The van der Waals surface area contributed by atoms with Gasteiger partial charge in [-0.25, -0.2) is 8.78 Å². The summed E-state index contributed by atoms with van der Waals surface area (Å²) in [6, 6.07) is 9.62. The van der Waals surface area contributed by atoms with Gasteiger partial charge in [-0.05, 0) is 25.0 Å². The van der Waals surface area contributed by atoms with Crippen LogP contribution in [0, 0.1) is 11.8 Å². The summed E-state index contributed by atoms with van der Waals surface area (Å²) < 4.78 is 55.2. The fourth-order valence-corrected chi connectivity index (χ4v) is 5.72. The molecule has 0 spiro atoms. The molecule has 2 fully saturated rings. The van der Waals surface area contributed by atoms with Crippen LogP contribution in [0.4, 0.5) is 8.78 Å². The maximum absolute atomic E-state index is 14.6. The van der Waals surface area contributed by atoms with Crippen molar-refractivity contribution in [3.8, 4) is 0 Å². The molecule has 2 saturated heterocycles. The van der Waals surface area contributed by atoms with Crippen molar-refractivity contribution in [2.24, 2.45) is 11.8 Å². The van der Waals surface area contributed by atoms with Crippen molar-refractivity contribution in [3.05, 3.63) is 30.3 Å². The average molecular weight is 575 g/mol. The van der Waals surface area contributed by atoms with Crippen LogP contribution in [0.1, 0.15) is 61.3 Å². The lowest BCUT2D eigenvalue weighted by atomic mass is 9.90. The Hall–Kier alpha value is -2.24. The molecule has 0 bridgehead atoms. The zero-order chi connectivity index (χ0) is 29.3. The minimum Gasteiger partial charge on any atom is -0.456 e. The molecule has 3 rings (SSSR count).